The molecule has 3 heteroatoms. The fourth-order valence-corrected chi connectivity index (χ4v) is 2.40. The van der Waals surface area contributed by atoms with Crippen molar-refractivity contribution in [3.05, 3.63) is 57.8 Å². The molecule has 0 aliphatic rings. The normalized spacial score (nSPS) is 10.8. The highest BCUT2D eigenvalue weighted by Crippen LogP contribution is 2.18. The van der Waals surface area contributed by atoms with Crippen molar-refractivity contribution in [2.24, 2.45) is 0 Å². The molecule has 0 amide bonds. The monoisotopic (exact) mass is 258 g/mol. The molecule has 2 nitrogen and oxygen atoms in total. The van der Waals surface area contributed by atoms with Gasteiger partial charge in [0.2, 0.25) is 0 Å². The summed E-state index contributed by atoms with van der Waals surface area (Å²) < 4.78 is 5.10. The van der Waals surface area contributed by atoms with Crippen molar-refractivity contribution in [3.8, 4) is 5.75 Å². The summed E-state index contributed by atoms with van der Waals surface area (Å²) in [5, 5.41) is 2.02. The van der Waals surface area contributed by atoms with Crippen LogP contribution in [0, 0.1) is 6.92 Å². The Morgan fingerprint density at radius 3 is 2.83 bits per heavy atom. The highest BCUT2D eigenvalue weighted by Gasteiger charge is 2.03. The number of allylic oxidation sites excluding steroid dienone is 1. The molecular formula is C15H14O2S. The van der Waals surface area contributed by atoms with E-state index < -0.39 is 0 Å². The van der Waals surface area contributed by atoms with E-state index in [1.165, 1.54) is 5.56 Å². The Morgan fingerprint density at radius 1 is 1.33 bits per heavy atom. The predicted molar refractivity (Wildman–Crippen MR) is 75.4 cm³/mol. The van der Waals surface area contributed by atoms with Crippen molar-refractivity contribution in [2.45, 2.75) is 6.92 Å². The highest BCUT2D eigenvalue weighted by molar-refractivity contribution is 7.11. The van der Waals surface area contributed by atoms with Gasteiger partial charge in [-0.1, -0.05) is 12.1 Å². The first-order chi connectivity index (χ1) is 8.70. The number of benzene rings is 1. The molecule has 2 aromatic rings. The van der Waals surface area contributed by atoms with E-state index in [9.17, 15) is 4.79 Å². The first-order valence-corrected chi connectivity index (χ1v) is 6.49. The molecule has 0 radical (unpaired) electrons. The zero-order valence-corrected chi connectivity index (χ0v) is 11.2. The summed E-state index contributed by atoms with van der Waals surface area (Å²) in [4.78, 5) is 13.1. The molecule has 2 rings (SSSR count). The Labute approximate surface area is 111 Å². The minimum absolute atomic E-state index is 0.0123. The van der Waals surface area contributed by atoms with Gasteiger partial charge in [-0.05, 0) is 48.2 Å². The highest BCUT2D eigenvalue weighted by atomic mass is 32.1. The topological polar surface area (TPSA) is 26.3 Å². The van der Waals surface area contributed by atoms with Crippen LogP contribution < -0.4 is 4.74 Å². The Kier molecular flexibility index (Phi) is 3.95. The fourth-order valence-electron chi connectivity index (χ4n) is 1.58. The van der Waals surface area contributed by atoms with E-state index in [-0.39, 0.29) is 5.78 Å². The first-order valence-electron chi connectivity index (χ1n) is 5.61. The molecule has 0 unspecified atom stereocenters. The predicted octanol–water partition coefficient (Wildman–Crippen LogP) is 3.96. The van der Waals surface area contributed by atoms with Crippen molar-refractivity contribution in [1.82, 2.24) is 0 Å². The van der Waals surface area contributed by atoms with E-state index in [1.54, 1.807) is 36.7 Å². The Balaban J connectivity index is 2.17. The molecule has 0 spiro atoms. The first kappa shape index (κ1) is 12.6. The van der Waals surface area contributed by atoms with Crippen LogP contribution in [0.5, 0.6) is 5.75 Å². The molecule has 1 aromatic carbocycles. The van der Waals surface area contributed by atoms with Gasteiger partial charge in [-0.15, -0.1) is 11.3 Å². The van der Waals surface area contributed by atoms with E-state index in [2.05, 4.69) is 0 Å². The zero-order valence-electron chi connectivity index (χ0n) is 10.3. The van der Waals surface area contributed by atoms with Gasteiger partial charge in [0.25, 0.3) is 0 Å². The van der Waals surface area contributed by atoms with Gasteiger partial charge in [0, 0.05) is 10.4 Å². The van der Waals surface area contributed by atoms with Gasteiger partial charge in [0.15, 0.2) is 5.78 Å². The van der Waals surface area contributed by atoms with E-state index in [0.717, 1.165) is 4.88 Å². The quantitative estimate of drug-likeness (QED) is 0.613. The molecule has 0 saturated heterocycles. The molecule has 0 aliphatic carbocycles. The molecule has 0 fully saturated rings. The lowest BCUT2D eigenvalue weighted by Gasteiger charge is -2.00. The average molecular weight is 258 g/mol. The third-order valence-corrected chi connectivity index (χ3v) is 3.63. The second-order valence-electron chi connectivity index (χ2n) is 3.90. The number of rotatable bonds is 4. The Hall–Kier alpha value is -1.87. The van der Waals surface area contributed by atoms with Crippen LogP contribution in [-0.2, 0) is 0 Å². The van der Waals surface area contributed by atoms with E-state index in [4.69, 9.17) is 4.74 Å². The lowest BCUT2D eigenvalue weighted by Crippen LogP contribution is -1.94. The molecule has 18 heavy (non-hydrogen) atoms. The minimum atomic E-state index is -0.0123. The molecule has 1 aromatic heterocycles. The van der Waals surface area contributed by atoms with Crippen molar-refractivity contribution in [3.63, 3.8) is 0 Å². The van der Waals surface area contributed by atoms with Crippen LogP contribution in [-0.4, -0.2) is 12.9 Å². The van der Waals surface area contributed by atoms with E-state index in [0.29, 0.717) is 11.3 Å². The summed E-state index contributed by atoms with van der Waals surface area (Å²) in [6.07, 6.45) is 3.47. The molecule has 0 atom stereocenters. The van der Waals surface area contributed by atoms with Crippen molar-refractivity contribution in [1.29, 1.82) is 0 Å². The SMILES string of the molecule is COc1cccc(C(=O)/C=C/c2sccc2C)c1. The molecule has 1 heterocycles. The number of carbonyl (C=O) groups excluding carboxylic acids is 1. The lowest BCUT2D eigenvalue weighted by molar-refractivity contribution is 0.104. The average Bonchev–Trinajstić information content (AvgIpc) is 2.81. The van der Waals surface area contributed by atoms with Crippen LogP contribution in [0.4, 0.5) is 0 Å². The maximum Gasteiger partial charge on any atom is 0.186 e. The Morgan fingerprint density at radius 2 is 2.17 bits per heavy atom. The maximum absolute atomic E-state index is 12.0. The summed E-state index contributed by atoms with van der Waals surface area (Å²) >= 11 is 1.63. The van der Waals surface area contributed by atoms with Gasteiger partial charge in [-0.2, -0.15) is 0 Å². The lowest BCUT2D eigenvalue weighted by atomic mass is 10.1. The summed E-state index contributed by atoms with van der Waals surface area (Å²) in [6.45, 7) is 2.03. The van der Waals surface area contributed by atoms with Gasteiger partial charge in [-0.3, -0.25) is 4.79 Å². The molecule has 0 aliphatic heterocycles. The largest absolute Gasteiger partial charge is 0.497 e. The van der Waals surface area contributed by atoms with Crippen LogP contribution in [0.25, 0.3) is 6.08 Å². The molecular weight excluding hydrogens is 244 g/mol. The summed E-state index contributed by atoms with van der Waals surface area (Å²) in [5.74, 6) is 0.684. The molecule has 0 N–H and O–H groups in total. The van der Waals surface area contributed by atoms with Gasteiger partial charge in [-0.25, -0.2) is 0 Å². The fraction of sp³-hybridized carbons (Fsp3) is 0.133. The van der Waals surface area contributed by atoms with Crippen molar-refractivity contribution < 1.29 is 9.53 Å². The standard InChI is InChI=1S/C15H14O2S/c1-11-8-9-18-15(11)7-6-14(16)12-4-3-5-13(10-12)17-2/h3-10H,1-2H3/b7-6+. The van der Waals surface area contributed by atoms with E-state index >= 15 is 0 Å². The van der Waals surface area contributed by atoms with E-state index in [1.807, 2.05) is 36.6 Å². The second kappa shape index (κ2) is 5.65. The summed E-state index contributed by atoms with van der Waals surface area (Å²) in [6, 6.07) is 9.21. The molecule has 0 saturated carbocycles. The third kappa shape index (κ3) is 2.87. The summed E-state index contributed by atoms with van der Waals surface area (Å²) in [7, 11) is 1.59. The molecule has 92 valence electrons. The second-order valence-corrected chi connectivity index (χ2v) is 4.85. The van der Waals surface area contributed by atoms with Gasteiger partial charge in [0.05, 0.1) is 7.11 Å². The number of aryl methyl sites for hydroxylation is 1. The number of ketones is 1. The summed E-state index contributed by atoms with van der Waals surface area (Å²) in [5.41, 5.74) is 1.83. The number of ether oxygens (including phenoxy) is 1. The number of hydrogen-bond donors (Lipinski definition) is 0. The van der Waals surface area contributed by atoms with Crippen molar-refractivity contribution in [2.75, 3.05) is 7.11 Å². The molecule has 0 bridgehead atoms. The van der Waals surface area contributed by atoms with Crippen LogP contribution in [0.3, 0.4) is 0 Å². The third-order valence-electron chi connectivity index (χ3n) is 2.64. The van der Waals surface area contributed by atoms with Gasteiger partial charge >= 0.3 is 0 Å². The van der Waals surface area contributed by atoms with Crippen LogP contribution >= 0.6 is 11.3 Å². The smallest absolute Gasteiger partial charge is 0.186 e. The Bertz CT molecular complexity index is 582. The number of carbonyl (C=O) groups is 1. The van der Waals surface area contributed by atoms with Crippen molar-refractivity contribution >= 4 is 23.2 Å². The number of hydrogen-bond acceptors (Lipinski definition) is 3. The van der Waals surface area contributed by atoms with Gasteiger partial charge in [0.1, 0.15) is 5.75 Å². The zero-order chi connectivity index (χ0) is 13.0. The van der Waals surface area contributed by atoms with Crippen LogP contribution in [0.2, 0.25) is 0 Å². The van der Waals surface area contributed by atoms with Crippen LogP contribution in [0.15, 0.2) is 41.8 Å². The van der Waals surface area contributed by atoms with Gasteiger partial charge < -0.3 is 4.74 Å². The minimum Gasteiger partial charge on any atom is -0.497 e. The maximum atomic E-state index is 12.0. The number of thiophene rings is 1. The number of methoxy groups -OCH3 is 1. The van der Waals surface area contributed by atoms with Crippen LogP contribution in [0.1, 0.15) is 20.8 Å².